The van der Waals surface area contributed by atoms with Crippen LogP contribution in [0.5, 0.6) is 0 Å². The van der Waals surface area contributed by atoms with Crippen LogP contribution in [0.4, 0.5) is 0 Å². The third-order valence-electron chi connectivity index (χ3n) is 4.38. The minimum Gasteiger partial charge on any atom is -0.389 e. The molecule has 24 heavy (non-hydrogen) atoms. The Morgan fingerprint density at radius 1 is 0.792 bits per heavy atom. The maximum absolute atomic E-state index is 9.24. The number of hydrogen-bond acceptors (Lipinski definition) is 3. The SMILES string of the molecule is CCCCCCCCC=CCCCCCCCCOCC(O)CN. The Morgan fingerprint density at radius 2 is 1.29 bits per heavy atom. The number of ether oxygens (including phenoxy) is 1. The third-order valence-corrected chi connectivity index (χ3v) is 4.38. The van der Waals surface area contributed by atoms with Gasteiger partial charge in [0.1, 0.15) is 0 Å². The zero-order valence-corrected chi connectivity index (χ0v) is 16.2. The van der Waals surface area contributed by atoms with Crippen LogP contribution in [-0.4, -0.2) is 31.0 Å². The molecule has 0 aromatic heterocycles. The lowest BCUT2D eigenvalue weighted by Crippen LogP contribution is -2.25. The quantitative estimate of drug-likeness (QED) is 0.246. The first-order valence-electron chi connectivity index (χ1n) is 10.4. The fourth-order valence-electron chi connectivity index (χ4n) is 2.74. The number of unbranched alkanes of at least 4 members (excludes halogenated alkanes) is 12. The van der Waals surface area contributed by atoms with Gasteiger partial charge >= 0.3 is 0 Å². The Kier molecular flexibility index (Phi) is 20.3. The van der Waals surface area contributed by atoms with Gasteiger partial charge in [0.15, 0.2) is 0 Å². The Bertz CT molecular complexity index is 256. The van der Waals surface area contributed by atoms with Crippen molar-refractivity contribution in [3.05, 3.63) is 12.2 Å². The van der Waals surface area contributed by atoms with Crippen LogP contribution in [0, 0.1) is 0 Å². The summed E-state index contributed by atoms with van der Waals surface area (Å²) in [6, 6.07) is 0. The molecule has 0 heterocycles. The lowest BCUT2D eigenvalue weighted by Gasteiger charge is -2.08. The van der Waals surface area contributed by atoms with Gasteiger partial charge in [-0.15, -0.1) is 0 Å². The van der Waals surface area contributed by atoms with Gasteiger partial charge in [0.05, 0.1) is 12.7 Å². The second-order valence-electron chi connectivity index (χ2n) is 6.90. The molecule has 0 spiro atoms. The van der Waals surface area contributed by atoms with E-state index in [4.69, 9.17) is 10.5 Å². The molecule has 0 bridgehead atoms. The second kappa shape index (κ2) is 20.7. The van der Waals surface area contributed by atoms with Crippen LogP contribution in [0.2, 0.25) is 0 Å². The predicted molar refractivity (Wildman–Crippen MR) is 105 cm³/mol. The maximum Gasteiger partial charge on any atom is 0.0895 e. The van der Waals surface area contributed by atoms with E-state index in [-0.39, 0.29) is 6.54 Å². The monoisotopic (exact) mass is 341 g/mol. The molecule has 1 atom stereocenters. The zero-order chi connectivity index (χ0) is 17.7. The van der Waals surface area contributed by atoms with Crippen molar-refractivity contribution in [1.29, 1.82) is 0 Å². The fourth-order valence-corrected chi connectivity index (χ4v) is 2.74. The van der Waals surface area contributed by atoms with Crippen molar-refractivity contribution < 1.29 is 9.84 Å². The Labute approximate surface area is 151 Å². The molecule has 0 radical (unpaired) electrons. The van der Waals surface area contributed by atoms with Crippen LogP contribution in [0.25, 0.3) is 0 Å². The van der Waals surface area contributed by atoms with Crippen molar-refractivity contribution in [2.75, 3.05) is 19.8 Å². The number of nitrogens with two attached hydrogens (primary N) is 1. The van der Waals surface area contributed by atoms with Crippen molar-refractivity contribution in [2.24, 2.45) is 5.73 Å². The summed E-state index contributed by atoms with van der Waals surface area (Å²) in [5.41, 5.74) is 5.31. The highest BCUT2D eigenvalue weighted by molar-refractivity contribution is 4.81. The molecule has 1 unspecified atom stereocenters. The van der Waals surface area contributed by atoms with E-state index in [9.17, 15) is 5.11 Å². The van der Waals surface area contributed by atoms with E-state index in [2.05, 4.69) is 19.1 Å². The van der Waals surface area contributed by atoms with E-state index in [0.717, 1.165) is 13.0 Å². The summed E-state index contributed by atoms with van der Waals surface area (Å²) < 4.78 is 5.37. The molecule has 0 aromatic rings. The summed E-state index contributed by atoms with van der Waals surface area (Å²) in [5, 5.41) is 9.24. The molecular weight excluding hydrogens is 298 g/mol. The van der Waals surface area contributed by atoms with E-state index < -0.39 is 6.10 Å². The molecule has 0 aromatic carbocycles. The van der Waals surface area contributed by atoms with E-state index in [1.54, 1.807) is 0 Å². The second-order valence-corrected chi connectivity index (χ2v) is 6.90. The van der Waals surface area contributed by atoms with Gasteiger partial charge in [0, 0.05) is 13.2 Å². The van der Waals surface area contributed by atoms with Crippen molar-refractivity contribution >= 4 is 0 Å². The highest BCUT2D eigenvalue weighted by Gasteiger charge is 1.99. The van der Waals surface area contributed by atoms with E-state index in [1.165, 1.54) is 83.5 Å². The summed E-state index contributed by atoms with van der Waals surface area (Å²) in [7, 11) is 0. The first-order chi connectivity index (χ1) is 11.8. The van der Waals surface area contributed by atoms with Gasteiger partial charge in [-0.25, -0.2) is 0 Å². The van der Waals surface area contributed by atoms with Gasteiger partial charge in [0.25, 0.3) is 0 Å². The normalized spacial score (nSPS) is 13.0. The standard InChI is InChI=1S/C21H43NO2/c1-2-3-4-5-6-7-8-9-10-11-12-13-14-15-16-17-18-24-20-21(23)19-22/h9-10,21,23H,2-8,11-20,22H2,1H3. The lowest BCUT2D eigenvalue weighted by atomic mass is 10.1. The van der Waals surface area contributed by atoms with Crippen molar-refractivity contribution in [3.63, 3.8) is 0 Å². The van der Waals surface area contributed by atoms with Crippen molar-refractivity contribution in [3.8, 4) is 0 Å². The molecule has 0 saturated carbocycles. The van der Waals surface area contributed by atoms with Gasteiger partial charge in [-0.1, -0.05) is 76.9 Å². The van der Waals surface area contributed by atoms with E-state index in [1.807, 2.05) is 0 Å². The molecule has 3 heteroatoms. The molecule has 0 fully saturated rings. The molecule has 0 aliphatic carbocycles. The van der Waals surface area contributed by atoms with Crippen molar-refractivity contribution in [2.45, 2.75) is 103 Å². The topological polar surface area (TPSA) is 55.5 Å². The molecule has 3 nitrogen and oxygen atoms in total. The minimum atomic E-state index is -0.501. The Morgan fingerprint density at radius 3 is 1.83 bits per heavy atom. The average Bonchev–Trinajstić information content (AvgIpc) is 2.60. The maximum atomic E-state index is 9.24. The number of allylic oxidation sites excluding steroid dienone is 2. The molecular formula is C21H43NO2. The number of aliphatic hydroxyl groups is 1. The molecule has 0 amide bonds. The van der Waals surface area contributed by atoms with Gasteiger partial charge in [-0.05, 0) is 32.1 Å². The van der Waals surface area contributed by atoms with Crippen molar-refractivity contribution in [1.82, 2.24) is 0 Å². The smallest absolute Gasteiger partial charge is 0.0895 e. The molecule has 0 saturated heterocycles. The van der Waals surface area contributed by atoms with Gasteiger partial charge < -0.3 is 15.6 Å². The fraction of sp³-hybridized carbons (Fsp3) is 0.905. The largest absolute Gasteiger partial charge is 0.389 e. The first-order valence-corrected chi connectivity index (χ1v) is 10.4. The van der Waals surface area contributed by atoms with E-state index >= 15 is 0 Å². The predicted octanol–water partition coefficient (Wildman–Crippen LogP) is 5.36. The van der Waals surface area contributed by atoms with Crippen LogP contribution < -0.4 is 5.73 Å². The molecule has 0 rings (SSSR count). The van der Waals surface area contributed by atoms with Crippen LogP contribution in [-0.2, 0) is 4.74 Å². The summed E-state index contributed by atoms with van der Waals surface area (Å²) in [5.74, 6) is 0. The van der Waals surface area contributed by atoms with Crippen LogP contribution in [0.3, 0.4) is 0 Å². The highest BCUT2D eigenvalue weighted by atomic mass is 16.5. The number of aliphatic hydroxyl groups excluding tert-OH is 1. The number of hydrogen-bond donors (Lipinski definition) is 2. The average molecular weight is 342 g/mol. The highest BCUT2D eigenvalue weighted by Crippen LogP contribution is 2.10. The van der Waals surface area contributed by atoms with Crippen LogP contribution >= 0.6 is 0 Å². The zero-order valence-electron chi connectivity index (χ0n) is 16.2. The summed E-state index contributed by atoms with van der Waals surface area (Å²) in [4.78, 5) is 0. The summed E-state index contributed by atoms with van der Waals surface area (Å²) >= 11 is 0. The van der Waals surface area contributed by atoms with Crippen LogP contribution in [0.1, 0.15) is 96.8 Å². The lowest BCUT2D eigenvalue weighted by molar-refractivity contribution is 0.0396. The minimum absolute atomic E-state index is 0.285. The van der Waals surface area contributed by atoms with Gasteiger partial charge in [-0.3, -0.25) is 0 Å². The molecule has 0 aliphatic rings. The third kappa shape index (κ3) is 19.7. The molecule has 144 valence electrons. The Hall–Kier alpha value is -0.380. The summed E-state index contributed by atoms with van der Waals surface area (Å²) in [6.07, 6.45) is 22.7. The summed E-state index contributed by atoms with van der Waals surface area (Å²) in [6.45, 7) is 3.68. The van der Waals surface area contributed by atoms with Gasteiger partial charge in [0.2, 0.25) is 0 Å². The van der Waals surface area contributed by atoms with Crippen LogP contribution in [0.15, 0.2) is 12.2 Å². The Balaban J connectivity index is 3.08. The van der Waals surface area contributed by atoms with Gasteiger partial charge in [-0.2, -0.15) is 0 Å². The molecule has 3 N–H and O–H groups in total. The van der Waals surface area contributed by atoms with E-state index in [0.29, 0.717) is 6.61 Å². The number of rotatable bonds is 19. The first kappa shape index (κ1) is 23.6. The molecule has 0 aliphatic heterocycles.